The highest BCUT2D eigenvalue weighted by atomic mass is 35.5. The lowest BCUT2D eigenvalue weighted by Crippen LogP contribution is -2.14. The van der Waals surface area contributed by atoms with Crippen molar-refractivity contribution in [3.8, 4) is 17.2 Å². The third kappa shape index (κ3) is 7.87. The first-order valence-corrected chi connectivity index (χ1v) is 13.0. The van der Waals surface area contributed by atoms with Gasteiger partial charge in [0.1, 0.15) is 21.9 Å². The van der Waals surface area contributed by atoms with Gasteiger partial charge in [-0.15, -0.1) is 0 Å². The highest BCUT2D eigenvalue weighted by Gasteiger charge is 2.26. The molecule has 1 saturated carbocycles. The summed E-state index contributed by atoms with van der Waals surface area (Å²) >= 11 is 13.6. The Morgan fingerprint density at radius 2 is 1.78 bits per heavy atom. The molecule has 11 heteroatoms. The molecule has 0 spiro atoms. The van der Waals surface area contributed by atoms with Gasteiger partial charge in [0.15, 0.2) is 23.9 Å². The molecule has 196 valence electrons. The minimum Gasteiger partial charge on any atom is -0.497 e. The second-order valence-electron chi connectivity index (χ2n) is 8.31. The third-order valence-corrected chi connectivity index (χ3v) is 7.06. The first-order valence-electron chi connectivity index (χ1n) is 11.4. The number of carbonyl (C=O) groups is 1. The molecule has 1 fully saturated rings. The molecule has 1 aliphatic rings. The van der Waals surface area contributed by atoms with Crippen LogP contribution in [-0.4, -0.2) is 25.6 Å². The molecule has 0 bridgehead atoms. The van der Waals surface area contributed by atoms with Crippen LogP contribution in [0.15, 0.2) is 59.8 Å². The van der Waals surface area contributed by atoms with Gasteiger partial charge in [0, 0.05) is 16.9 Å². The van der Waals surface area contributed by atoms with Gasteiger partial charge >= 0.3 is 11.9 Å². The molecule has 0 amide bonds. The maximum atomic E-state index is 13.0. The SMILES string of the molecule is COc1ccc(SC(=O)O[C@@H](Cc2c(Cl)c[nH+]cc2Cl)c2ccc(OC(F)F)c(OCC3CC3)c2)cc1. The highest BCUT2D eigenvalue weighted by molar-refractivity contribution is 8.13. The summed E-state index contributed by atoms with van der Waals surface area (Å²) in [4.78, 5) is 16.4. The minimum absolute atomic E-state index is 0.0949. The van der Waals surface area contributed by atoms with E-state index in [1.165, 1.54) is 6.07 Å². The smallest absolute Gasteiger partial charge is 0.387 e. The molecule has 0 saturated heterocycles. The van der Waals surface area contributed by atoms with Crippen molar-refractivity contribution in [2.75, 3.05) is 13.7 Å². The number of thioether (sulfide) groups is 1. The van der Waals surface area contributed by atoms with Crippen LogP contribution in [0.4, 0.5) is 13.6 Å². The van der Waals surface area contributed by atoms with E-state index in [9.17, 15) is 13.6 Å². The predicted molar refractivity (Wildman–Crippen MR) is 136 cm³/mol. The third-order valence-electron chi connectivity index (χ3n) is 5.61. The van der Waals surface area contributed by atoms with Gasteiger partial charge in [-0.25, -0.2) is 9.78 Å². The van der Waals surface area contributed by atoms with E-state index in [0.29, 0.717) is 44.3 Å². The van der Waals surface area contributed by atoms with Gasteiger partial charge in [0.2, 0.25) is 0 Å². The van der Waals surface area contributed by atoms with E-state index in [-0.39, 0.29) is 17.9 Å². The number of nitrogens with one attached hydrogen (secondary N) is 1. The fourth-order valence-corrected chi connectivity index (χ4v) is 4.65. The number of H-pyrrole nitrogens is 1. The molecule has 0 unspecified atom stereocenters. The summed E-state index contributed by atoms with van der Waals surface area (Å²) in [5.41, 5.74) is 1.07. The van der Waals surface area contributed by atoms with Crippen LogP contribution < -0.4 is 19.2 Å². The number of rotatable bonds is 11. The summed E-state index contributed by atoms with van der Waals surface area (Å²) in [5, 5.41) is 0.150. The Balaban J connectivity index is 1.61. The second kappa shape index (κ2) is 12.7. The predicted octanol–water partition coefficient (Wildman–Crippen LogP) is 7.42. The van der Waals surface area contributed by atoms with Crippen LogP contribution in [0, 0.1) is 5.92 Å². The number of hydrogen-bond acceptors (Lipinski definition) is 6. The number of pyridine rings is 1. The van der Waals surface area contributed by atoms with E-state index in [4.69, 9.17) is 37.4 Å². The zero-order chi connectivity index (χ0) is 26.4. The van der Waals surface area contributed by atoms with Gasteiger partial charge in [-0.1, -0.05) is 29.3 Å². The number of hydrogen-bond donors (Lipinski definition) is 0. The zero-order valence-corrected chi connectivity index (χ0v) is 22.0. The number of ether oxygens (including phenoxy) is 4. The number of aromatic amines is 1. The second-order valence-corrected chi connectivity index (χ2v) is 10.1. The quantitative estimate of drug-likeness (QED) is 0.176. The van der Waals surface area contributed by atoms with Crippen molar-refractivity contribution in [1.29, 1.82) is 0 Å². The molecular weight excluding hydrogens is 547 g/mol. The van der Waals surface area contributed by atoms with Crippen molar-refractivity contribution < 1.29 is 37.5 Å². The number of benzene rings is 2. The molecule has 37 heavy (non-hydrogen) atoms. The largest absolute Gasteiger partial charge is 0.497 e. The topological polar surface area (TPSA) is 68.1 Å². The van der Waals surface area contributed by atoms with Gasteiger partial charge in [-0.05, 0) is 72.5 Å². The Kier molecular flexibility index (Phi) is 9.34. The standard InChI is InChI=1S/C26H23Cl2F2NO5S/c1-33-17-5-7-18(8-6-17)37-26(32)36-23(11-19-20(27)12-31-13-21(19)28)16-4-9-22(35-25(29)30)24(10-16)34-14-15-2-3-15/h4-10,12-13,15,23,25H,2-3,11,14H2,1H3/p+1/t23-/m0/s1. The monoisotopic (exact) mass is 570 g/mol. The highest BCUT2D eigenvalue weighted by Crippen LogP contribution is 2.38. The lowest BCUT2D eigenvalue weighted by Gasteiger charge is -2.21. The Hall–Kier alpha value is -2.75. The maximum absolute atomic E-state index is 13.0. The molecule has 6 nitrogen and oxygen atoms in total. The molecule has 4 rings (SSSR count). The Bertz CT molecular complexity index is 1210. The van der Waals surface area contributed by atoms with Gasteiger partial charge in [-0.2, -0.15) is 8.78 Å². The van der Waals surface area contributed by atoms with Crippen LogP contribution in [0.1, 0.15) is 30.1 Å². The van der Waals surface area contributed by atoms with Gasteiger partial charge < -0.3 is 18.9 Å². The fourth-order valence-electron chi connectivity index (χ4n) is 3.49. The summed E-state index contributed by atoms with van der Waals surface area (Å²) in [6, 6.07) is 11.4. The van der Waals surface area contributed by atoms with E-state index >= 15 is 0 Å². The Morgan fingerprint density at radius 1 is 1.08 bits per heavy atom. The minimum atomic E-state index is -3.01. The summed E-state index contributed by atoms with van der Waals surface area (Å²) in [5.74, 6) is 1.09. The number of halogens is 4. The molecule has 2 aromatic carbocycles. The lowest BCUT2D eigenvalue weighted by molar-refractivity contribution is -0.377. The summed E-state index contributed by atoms with van der Waals surface area (Å²) in [6.07, 6.45) is 4.47. The van der Waals surface area contributed by atoms with Crippen LogP contribution in [0.25, 0.3) is 0 Å². The van der Waals surface area contributed by atoms with Crippen molar-refractivity contribution in [1.82, 2.24) is 0 Å². The van der Waals surface area contributed by atoms with Gasteiger partial charge in [0.25, 0.3) is 0 Å². The lowest BCUT2D eigenvalue weighted by atomic mass is 10.0. The van der Waals surface area contributed by atoms with Gasteiger partial charge in [-0.3, -0.25) is 0 Å². The van der Waals surface area contributed by atoms with Crippen molar-refractivity contribution >= 4 is 40.3 Å². The van der Waals surface area contributed by atoms with E-state index in [1.54, 1.807) is 55.9 Å². The van der Waals surface area contributed by atoms with E-state index in [1.807, 2.05) is 0 Å². The van der Waals surface area contributed by atoms with Crippen molar-refractivity contribution in [2.24, 2.45) is 5.92 Å². The first-order chi connectivity index (χ1) is 17.8. The van der Waals surface area contributed by atoms with E-state index in [2.05, 4.69) is 9.72 Å². The van der Waals surface area contributed by atoms with Gasteiger partial charge in [0.05, 0.1) is 13.7 Å². The molecular formula is C26H24Cl2F2NO5S+. The summed E-state index contributed by atoms with van der Waals surface area (Å²) < 4.78 is 47.4. The van der Waals surface area contributed by atoms with Crippen LogP contribution in [0.2, 0.25) is 10.0 Å². The Morgan fingerprint density at radius 3 is 2.41 bits per heavy atom. The molecule has 3 aromatic rings. The number of carbonyl (C=O) groups excluding carboxylic acids is 1. The molecule has 1 heterocycles. The number of alkyl halides is 2. The average Bonchev–Trinajstić information content (AvgIpc) is 3.70. The molecule has 1 atom stereocenters. The summed E-state index contributed by atoms with van der Waals surface area (Å²) in [6.45, 7) is -2.63. The molecule has 1 aromatic heterocycles. The van der Waals surface area contributed by atoms with Crippen molar-refractivity contribution in [2.45, 2.75) is 36.9 Å². The van der Waals surface area contributed by atoms with Crippen LogP contribution in [0.3, 0.4) is 0 Å². The van der Waals surface area contributed by atoms with Crippen LogP contribution >= 0.6 is 35.0 Å². The number of aromatic nitrogens is 1. The van der Waals surface area contributed by atoms with Crippen LogP contribution in [0.5, 0.6) is 17.2 Å². The normalized spacial score (nSPS) is 13.8. The zero-order valence-electron chi connectivity index (χ0n) is 19.7. The molecule has 0 aliphatic heterocycles. The molecule has 1 N–H and O–H groups in total. The van der Waals surface area contributed by atoms with Crippen LogP contribution in [-0.2, 0) is 11.2 Å². The van der Waals surface area contributed by atoms with Crippen molar-refractivity contribution in [3.63, 3.8) is 0 Å². The number of methoxy groups -OCH3 is 1. The molecule has 1 aliphatic carbocycles. The summed E-state index contributed by atoms with van der Waals surface area (Å²) in [7, 11) is 1.55. The first kappa shape index (κ1) is 27.3. The Labute approximate surface area is 227 Å². The fraction of sp³-hybridized carbons (Fsp3) is 0.308. The van der Waals surface area contributed by atoms with Crippen molar-refractivity contribution in [3.05, 3.63) is 76.0 Å². The average molecular weight is 571 g/mol. The molecule has 0 radical (unpaired) electrons. The maximum Gasteiger partial charge on any atom is 0.387 e. The van der Waals surface area contributed by atoms with E-state index < -0.39 is 18.0 Å². The van der Waals surface area contributed by atoms with E-state index in [0.717, 1.165) is 24.6 Å².